The van der Waals surface area contributed by atoms with Gasteiger partial charge >= 0.3 is 0 Å². The van der Waals surface area contributed by atoms with Gasteiger partial charge in [0, 0.05) is 12.2 Å². The first kappa shape index (κ1) is 16.6. The molecule has 120 valence electrons. The molecule has 0 saturated carbocycles. The van der Waals surface area contributed by atoms with Crippen LogP contribution in [-0.4, -0.2) is 41.2 Å². The van der Waals surface area contributed by atoms with Gasteiger partial charge in [0.05, 0.1) is 11.5 Å². The van der Waals surface area contributed by atoms with Crippen molar-refractivity contribution in [2.45, 2.75) is 4.90 Å². The highest BCUT2D eigenvalue weighted by Crippen LogP contribution is 2.24. The Bertz CT molecular complexity index is 848. The van der Waals surface area contributed by atoms with Gasteiger partial charge < -0.3 is 15.7 Å². The molecule has 9 nitrogen and oxygen atoms in total. The molecule has 0 aliphatic carbocycles. The van der Waals surface area contributed by atoms with Crippen LogP contribution in [-0.2, 0) is 10.1 Å². The van der Waals surface area contributed by atoms with Crippen molar-refractivity contribution in [2.24, 2.45) is 0 Å². The molecule has 1 aromatic heterocycles. The SMILES string of the molecule is N#Cc1c(NCCO)ncnc1Nc1cccc(S(=O)(=O)O)c1. The second-order valence-corrected chi connectivity index (χ2v) is 5.76. The maximum absolute atomic E-state index is 11.1. The summed E-state index contributed by atoms with van der Waals surface area (Å²) in [4.78, 5) is 7.58. The van der Waals surface area contributed by atoms with Crippen LogP contribution in [0.1, 0.15) is 5.56 Å². The topological polar surface area (TPSA) is 148 Å². The van der Waals surface area contributed by atoms with Crippen molar-refractivity contribution in [1.82, 2.24) is 9.97 Å². The number of anilines is 3. The normalized spacial score (nSPS) is 10.8. The number of nitrogens with zero attached hydrogens (tertiary/aromatic N) is 3. The summed E-state index contributed by atoms with van der Waals surface area (Å²) in [5, 5.41) is 23.6. The minimum Gasteiger partial charge on any atom is -0.395 e. The lowest BCUT2D eigenvalue weighted by Gasteiger charge is -2.11. The van der Waals surface area contributed by atoms with Gasteiger partial charge in [0.1, 0.15) is 23.8 Å². The Kier molecular flexibility index (Phi) is 5.07. The average Bonchev–Trinajstić information content (AvgIpc) is 2.52. The second-order valence-electron chi connectivity index (χ2n) is 4.34. The van der Waals surface area contributed by atoms with Gasteiger partial charge in [0.25, 0.3) is 10.1 Å². The number of benzene rings is 1. The molecule has 2 aromatic rings. The molecule has 0 amide bonds. The predicted molar refractivity (Wildman–Crippen MR) is 81.9 cm³/mol. The molecule has 1 heterocycles. The molecule has 0 atom stereocenters. The van der Waals surface area contributed by atoms with Gasteiger partial charge in [-0.1, -0.05) is 6.07 Å². The lowest BCUT2D eigenvalue weighted by molar-refractivity contribution is 0.311. The molecule has 23 heavy (non-hydrogen) atoms. The summed E-state index contributed by atoms with van der Waals surface area (Å²) >= 11 is 0. The molecule has 2 rings (SSSR count). The highest BCUT2D eigenvalue weighted by molar-refractivity contribution is 7.85. The fourth-order valence-corrected chi connectivity index (χ4v) is 2.29. The van der Waals surface area contributed by atoms with E-state index in [2.05, 4.69) is 20.6 Å². The zero-order valence-electron chi connectivity index (χ0n) is 11.8. The summed E-state index contributed by atoms with van der Waals surface area (Å²) < 4.78 is 31.4. The molecular formula is C13H13N5O4S. The molecular weight excluding hydrogens is 322 g/mol. The molecule has 0 spiro atoms. The maximum Gasteiger partial charge on any atom is 0.294 e. The highest BCUT2D eigenvalue weighted by Gasteiger charge is 2.13. The van der Waals surface area contributed by atoms with Crippen molar-refractivity contribution >= 4 is 27.4 Å². The fraction of sp³-hybridized carbons (Fsp3) is 0.154. The highest BCUT2D eigenvalue weighted by atomic mass is 32.2. The number of nitrogens with one attached hydrogen (secondary N) is 2. The molecule has 10 heteroatoms. The van der Waals surface area contributed by atoms with E-state index < -0.39 is 10.1 Å². The summed E-state index contributed by atoms with van der Waals surface area (Å²) in [6.07, 6.45) is 1.22. The van der Waals surface area contributed by atoms with E-state index in [0.717, 1.165) is 0 Å². The van der Waals surface area contributed by atoms with Crippen LogP contribution in [0.2, 0.25) is 0 Å². The zero-order chi connectivity index (χ0) is 16.9. The third-order valence-electron chi connectivity index (χ3n) is 2.76. The van der Waals surface area contributed by atoms with Crippen LogP contribution in [0.5, 0.6) is 0 Å². The molecule has 0 radical (unpaired) electrons. The lowest BCUT2D eigenvalue weighted by atomic mass is 10.2. The molecule has 0 fully saturated rings. The Hall–Kier alpha value is -2.74. The van der Waals surface area contributed by atoms with E-state index in [1.165, 1.54) is 24.5 Å². The van der Waals surface area contributed by atoms with E-state index in [9.17, 15) is 13.7 Å². The summed E-state index contributed by atoms with van der Waals surface area (Å²) in [6, 6.07) is 7.37. The first-order valence-corrected chi connectivity index (χ1v) is 7.84. The molecule has 0 bridgehead atoms. The Morgan fingerprint density at radius 1 is 1.26 bits per heavy atom. The summed E-state index contributed by atoms with van der Waals surface area (Å²) in [5.41, 5.74) is 0.432. The molecule has 4 N–H and O–H groups in total. The Balaban J connectivity index is 2.36. The van der Waals surface area contributed by atoms with E-state index >= 15 is 0 Å². The number of hydrogen-bond acceptors (Lipinski definition) is 8. The van der Waals surface area contributed by atoms with Crippen LogP contribution >= 0.6 is 0 Å². The molecule has 0 aliphatic rings. The van der Waals surface area contributed by atoms with Crippen LogP contribution in [0.3, 0.4) is 0 Å². The number of aliphatic hydroxyl groups excluding tert-OH is 1. The molecule has 0 unspecified atom stereocenters. The maximum atomic E-state index is 11.1. The van der Waals surface area contributed by atoms with Crippen molar-refractivity contribution in [3.63, 3.8) is 0 Å². The lowest BCUT2D eigenvalue weighted by Crippen LogP contribution is -2.10. The number of nitriles is 1. The minimum atomic E-state index is -4.33. The van der Waals surface area contributed by atoms with Crippen LogP contribution in [0.15, 0.2) is 35.5 Å². The third kappa shape index (κ3) is 4.13. The second kappa shape index (κ2) is 7.01. The Morgan fingerprint density at radius 3 is 2.65 bits per heavy atom. The minimum absolute atomic E-state index is 0.109. The number of aromatic nitrogens is 2. The van der Waals surface area contributed by atoms with Gasteiger partial charge in [-0.2, -0.15) is 13.7 Å². The van der Waals surface area contributed by atoms with E-state index in [1.54, 1.807) is 6.07 Å². The number of hydrogen-bond donors (Lipinski definition) is 4. The van der Waals surface area contributed by atoms with Crippen LogP contribution in [0.4, 0.5) is 17.3 Å². The summed E-state index contributed by atoms with van der Waals surface area (Å²) in [7, 11) is -4.33. The van der Waals surface area contributed by atoms with Crippen molar-refractivity contribution in [2.75, 3.05) is 23.8 Å². The average molecular weight is 335 g/mol. The Labute approximate surface area is 132 Å². The molecule has 1 aromatic carbocycles. The van der Waals surface area contributed by atoms with Crippen LogP contribution in [0.25, 0.3) is 0 Å². The first-order chi connectivity index (χ1) is 11.0. The Morgan fingerprint density at radius 2 is 2.00 bits per heavy atom. The summed E-state index contributed by atoms with van der Waals surface area (Å²) in [6.45, 7) is 0.0808. The number of rotatable bonds is 6. The monoisotopic (exact) mass is 335 g/mol. The van der Waals surface area contributed by atoms with Crippen molar-refractivity contribution < 1.29 is 18.1 Å². The zero-order valence-corrected chi connectivity index (χ0v) is 12.6. The van der Waals surface area contributed by atoms with E-state index in [4.69, 9.17) is 9.66 Å². The van der Waals surface area contributed by atoms with Gasteiger partial charge in [-0.25, -0.2) is 9.97 Å². The predicted octanol–water partition coefficient (Wildman–Crippen LogP) is 0.743. The van der Waals surface area contributed by atoms with E-state index in [1.807, 2.05) is 6.07 Å². The van der Waals surface area contributed by atoms with Crippen LogP contribution in [0, 0.1) is 11.3 Å². The van der Waals surface area contributed by atoms with E-state index in [0.29, 0.717) is 5.69 Å². The summed E-state index contributed by atoms with van der Waals surface area (Å²) in [5.74, 6) is 0.403. The number of aliphatic hydroxyl groups is 1. The smallest absolute Gasteiger partial charge is 0.294 e. The molecule has 0 saturated heterocycles. The van der Waals surface area contributed by atoms with Crippen molar-refractivity contribution in [1.29, 1.82) is 5.26 Å². The van der Waals surface area contributed by atoms with Gasteiger partial charge in [-0.3, -0.25) is 4.55 Å². The quantitative estimate of drug-likeness (QED) is 0.561. The third-order valence-corrected chi connectivity index (χ3v) is 3.61. The van der Waals surface area contributed by atoms with Gasteiger partial charge in [-0.05, 0) is 18.2 Å². The van der Waals surface area contributed by atoms with E-state index in [-0.39, 0.29) is 35.2 Å². The van der Waals surface area contributed by atoms with Gasteiger partial charge in [0.15, 0.2) is 5.82 Å². The van der Waals surface area contributed by atoms with Crippen molar-refractivity contribution in [3.8, 4) is 6.07 Å². The fourth-order valence-electron chi connectivity index (χ4n) is 1.77. The first-order valence-electron chi connectivity index (χ1n) is 6.40. The van der Waals surface area contributed by atoms with Gasteiger partial charge in [-0.15, -0.1) is 0 Å². The largest absolute Gasteiger partial charge is 0.395 e. The standard InChI is InChI=1S/C13H13N5O4S/c14-7-11-12(15-4-5-19)16-8-17-13(11)18-9-2-1-3-10(6-9)23(20,21)22/h1-3,6,8,19H,4-5H2,(H,20,21,22)(H2,15,16,17,18). The van der Waals surface area contributed by atoms with Gasteiger partial charge in [0.2, 0.25) is 0 Å². The molecule has 0 aliphatic heterocycles. The van der Waals surface area contributed by atoms with Crippen LogP contribution < -0.4 is 10.6 Å². The van der Waals surface area contributed by atoms with Crippen molar-refractivity contribution in [3.05, 3.63) is 36.2 Å².